The minimum Gasteiger partial charge on any atom is -0.465 e. The molecule has 0 aliphatic rings. The summed E-state index contributed by atoms with van der Waals surface area (Å²) in [5.74, 6) is -0.413. The molecular weight excluding hydrogens is 304 g/mol. The smallest absolute Gasteiger partial charge is 0.337 e. The van der Waals surface area contributed by atoms with Crippen molar-refractivity contribution in [2.24, 2.45) is 0 Å². The zero-order chi connectivity index (χ0) is 16.0. The molecule has 116 valence electrons. The van der Waals surface area contributed by atoms with E-state index in [9.17, 15) is 13.2 Å². The highest BCUT2D eigenvalue weighted by Crippen LogP contribution is 2.07. The molecule has 0 fully saturated rings. The van der Waals surface area contributed by atoms with E-state index in [1.807, 2.05) is 0 Å². The van der Waals surface area contributed by atoms with Gasteiger partial charge >= 0.3 is 5.97 Å². The second-order valence-electron chi connectivity index (χ2n) is 4.46. The molecule has 22 heavy (non-hydrogen) atoms. The van der Waals surface area contributed by atoms with Crippen LogP contribution in [0, 0.1) is 0 Å². The summed E-state index contributed by atoms with van der Waals surface area (Å²) in [6.07, 6.45) is 0. The van der Waals surface area contributed by atoms with Crippen molar-refractivity contribution >= 4 is 16.0 Å². The van der Waals surface area contributed by atoms with Crippen LogP contribution in [0.2, 0.25) is 0 Å². The molecule has 0 bridgehead atoms. The van der Waals surface area contributed by atoms with Crippen LogP contribution >= 0.6 is 0 Å². The van der Waals surface area contributed by atoms with Crippen molar-refractivity contribution in [2.75, 3.05) is 7.11 Å². The summed E-state index contributed by atoms with van der Waals surface area (Å²) in [5, 5.41) is 0. The number of esters is 1. The molecule has 0 aliphatic carbocycles. The molecule has 6 nitrogen and oxygen atoms in total. The van der Waals surface area contributed by atoms with Crippen LogP contribution in [0.15, 0.2) is 59.5 Å². The molecule has 2 aromatic rings. The summed E-state index contributed by atoms with van der Waals surface area (Å²) in [6, 6.07) is 14.7. The van der Waals surface area contributed by atoms with Crippen molar-refractivity contribution in [3.8, 4) is 0 Å². The Balaban J connectivity index is 1.92. The molecule has 0 aromatic heterocycles. The lowest BCUT2D eigenvalue weighted by molar-refractivity contribution is 0.0600. The Hall–Kier alpha value is -2.22. The lowest BCUT2D eigenvalue weighted by atomic mass is 10.1. The second-order valence-corrected chi connectivity index (χ2v) is 6.14. The number of hydrogen-bond donors (Lipinski definition) is 2. The number of rotatable bonds is 6. The fraction of sp³-hybridized carbons (Fsp3) is 0.133. The molecular formula is C15H16N2O4S. The number of sulfonamides is 1. The first-order valence-electron chi connectivity index (χ1n) is 6.50. The van der Waals surface area contributed by atoms with Crippen molar-refractivity contribution < 1.29 is 17.9 Å². The fourth-order valence-corrected chi connectivity index (χ4v) is 2.66. The first-order chi connectivity index (χ1) is 10.5. The van der Waals surface area contributed by atoms with Crippen molar-refractivity contribution in [3.05, 3.63) is 65.7 Å². The predicted molar refractivity (Wildman–Crippen MR) is 81.4 cm³/mol. The van der Waals surface area contributed by atoms with Crippen molar-refractivity contribution in [3.63, 3.8) is 0 Å². The van der Waals surface area contributed by atoms with Crippen LogP contribution in [0.3, 0.4) is 0 Å². The molecule has 0 aliphatic heterocycles. The summed E-state index contributed by atoms with van der Waals surface area (Å²) < 4.78 is 28.5. The van der Waals surface area contributed by atoms with Crippen LogP contribution in [0.25, 0.3) is 0 Å². The Kier molecular flexibility index (Phi) is 5.26. The first-order valence-corrected chi connectivity index (χ1v) is 7.98. The number of hydrazine groups is 1. The molecule has 2 aromatic carbocycles. The highest BCUT2D eigenvalue weighted by atomic mass is 32.2. The summed E-state index contributed by atoms with van der Waals surface area (Å²) in [6.45, 7) is 0.285. The molecule has 0 radical (unpaired) electrons. The molecule has 0 unspecified atom stereocenters. The Labute approximate surface area is 129 Å². The van der Waals surface area contributed by atoms with Crippen LogP contribution in [-0.2, 0) is 21.3 Å². The normalized spacial score (nSPS) is 11.1. The number of benzene rings is 2. The minimum atomic E-state index is -3.59. The topological polar surface area (TPSA) is 84.5 Å². The van der Waals surface area contributed by atoms with Gasteiger partial charge in [0.05, 0.1) is 17.6 Å². The average molecular weight is 320 g/mol. The number of nitrogens with one attached hydrogen (secondary N) is 2. The van der Waals surface area contributed by atoms with Crippen molar-refractivity contribution in [1.29, 1.82) is 0 Å². The van der Waals surface area contributed by atoms with Gasteiger partial charge in [0.1, 0.15) is 0 Å². The van der Waals surface area contributed by atoms with E-state index in [2.05, 4.69) is 15.0 Å². The third-order valence-corrected chi connectivity index (χ3v) is 4.23. The van der Waals surface area contributed by atoms with E-state index in [0.717, 1.165) is 5.56 Å². The number of ether oxygens (including phenoxy) is 1. The van der Waals surface area contributed by atoms with E-state index in [1.165, 1.54) is 19.2 Å². The van der Waals surface area contributed by atoms with Crippen LogP contribution < -0.4 is 10.3 Å². The minimum absolute atomic E-state index is 0.184. The quantitative estimate of drug-likeness (QED) is 0.622. The van der Waals surface area contributed by atoms with Gasteiger partial charge in [0.15, 0.2) is 0 Å². The fourth-order valence-electron chi connectivity index (χ4n) is 1.77. The van der Waals surface area contributed by atoms with Gasteiger partial charge in [0.2, 0.25) is 0 Å². The Morgan fingerprint density at radius 1 is 1.05 bits per heavy atom. The maximum Gasteiger partial charge on any atom is 0.337 e. The maximum absolute atomic E-state index is 12.0. The zero-order valence-electron chi connectivity index (χ0n) is 11.9. The lowest BCUT2D eigenvalue weighted by Crippen LogP contribution is -2.36. The highest BCUT2D eigenvalue weighted by Gasteiger charge is 2.12. The number of carbonyl (C=O) groups excluding carboxylic acids is 1. The van der Waals surface area contributed by atoms with Crippen molar-refractivity contribution in [1.82, 2.24) is 10.3 Å². The molecule has 0 saturated heterocycles. The highest BCUT2D eigenvalue weighted by molar-refractivity contribution is 7.89. The van der Waals surface area contributed by atoms with Gasteiger partial charge in [-0.05, 0) is 29.8 Å². The van der Waals surface area contributed by atoms with E-state index >= 15 is 0 Å². The van der Waals surface area contributed by atoms with Crippen LogP contribution in [0.1, 0.15) is 15.9 Å². The average Bonchev–Trinajstić information content (AvgIpc) is 2.55. The predicted octanol–water partition coefficient (Wildman–Crippen LogP) is 1.46. The lowest BCUT2D eigenvalue weighted by Gasteiger charge is -2.08. The van der Waals surface area contributed by atoms with Gasteiger partial charge in [-0.1, -0.05) is 30.3 Å². The third kappa shape index (κ3) is 4.14. The number of carbonyl (C=O) groups is 1. The Morgan fingerprint density at radius 2 is 1.68 bits per heavy atom. The molecule has 0 spiro atoms. The summed E-state index contributed by atoms with van der Waals surface area (Å²) >= 11 is 0. The molecule has 0 atom stereocenters. The van der Waals surface area contributed by atoms with Gasteiger partial charge in [-0.3, -0.25) is 0 Å². The zero-order valence-corrected chi connectivity index (χ0v) is 12.8. The molecule has 2 N–H and O–H groups in total. The maximum atomic E-state index is 12.0. The van der Waals surface area contributed by atoms with Crippen LogP contribution in [-0.4, -0.2) is 21.5 Å². The van der Waals surface area contributed by atoms with Gasteiger partial charge in [-0.25, -0.2) is 18.6 Å². The van der Waals surface area contributed by atoms with Gasteiger partial charge < -0.3 is 4.74 Å². The molecule has 7 heteroatoms. The Bertz CT molecular complexity index is 728. The number of methoxy groups -OCH3 is 1. The van der Waals surface area contributed by atoms with E-state index in [-0.39, 0.29) is 11.4 Å². The van der Waals surface area contributed by atoms with E-state index in [4.69, 9.17) is 0 Å². The van der Waals surface area contributed by atoms with E-state index < -0.39 is 16.0 Å². The van der Waals surface area contributed by atoms with Crippen LogP contribution in [0.4, 0.5) is 0 Å². The molecule has 0 heterocycles. The van der Waals surface area contributed by atoms with Crippen molar-refractivity contribution in [2.45, 2.75) is 11.4 Å². The standard InChI is InChI=1S/C15H16N2O4S/c1-21-15(18)13-9-7-12(8-10-13)11-16-17-22(19,20)14-5-3-2-4-6-14/h2-10,16-17H,11H2,1H3. The second kappa shape index (κ2) is 7.17. The molecule has 0 saturated carbocycles. The van der Waals surface area contributed by atoms with E-state index in [1.54, 1.807) is 42.5 Å². The summed E-state index contributed by atoms with van der Waals surface area (Å²) in [5.41, 5.74) is 3.91. The van der Waals surface area contributed by atoms with E-state index in [0.29, 0.717) is 5.56 Å². The largest absolute Gasteiger partial charge is 0.465 e. The van der Waals surface area contributed by atoms with Crippen LogP contribution in [0.5, 0.6) is 0 Å². The van der Waals surface area contributed by atoms with Gasteiger partial charge in [0, 0.05) is 6.54 Å². The van der Waals surface area contributed by atoms with Gasteiger partial charge in [0.25, 0.3) is 10.0 Å². The number of hydrogen-bond acceptors (Lipinski definition) is 5. The van der Waals surface area contributed by atoms with Gasteiger partial charge in [-0.2, -0.15) is 0 Å². The summed E-state index contributed by atoms with van der Waals surface area (Å²) in [7, 11) is -2.28. The first kappa shape index (κ1) is 16.2. The monoisotopic (exact) mass is 320 g/mol. The van der Waals surface area contributed by atoms with Gasteiger partial charge in [-0.15, -0.1) is 4.83 Å². The molecule has 2 rings (SSSR count). The third-order valence-electron chi connectivity index (χ3n) is 2.93. The Morgan fingerprint density at radius 3 is 2.27 bits per heavy atom. The SMILES string of the molecule is COC(=O)c1ccc(CNNS(=O)(=O)c2ccccc2)cc1. The molecule has 0 amide bonds. The summed E-state index contributed by atoms with van der Waals surface area (Å²) in [4.78, 5) is 13.8.